The summed E-state index contributed by atoms with van der Waals surface area (Å²) in [5.41, 5.74) is -0.781. The molecule has 7 heteroatoms. The quantitative estimate of drug-likeness (QED) is 0.744. The van der Waals surface area contributed by atoms with Gasteiger partial charge in [-0.25, -0.2) is 0 Å². The predicted molar refractivity (Wildman–Crippen MR) is 63.4 cm³/mol. The maximum atomic E-state index is 12.7. The number of alkyl halides is 3. The van der Waals surface area contributed by atoms with Crippen LogP contribution in [0.25, 0.3) is 0 Å². The van der Waals surface area contributed by atoms with E-state index in [2.05, 4.69) is 10.3 Å². The molecule has 0 aromatic carbocycles. The van der Waals surface area contributed by atoms with Crippen molar-refractivity contribution in [3.05, 3.63) is 29.6 Å². The third-order valence-corrected chi connectivity index (χ3v) is 2.50. The molecule has 0 saturated carbocycles. The van der Waals surface area contributed by atoms with Gasteiger partial charge in [0.25, 0.3) is 0 Å². The fourth-order valence-corrected chi connectivity index (χ4v) is 1.59. The highest BCUT2D eigenvalue weighted by Crippen LogP contribution is 2.30. The second-order valence-corrected chi connectivity index (χ2v) is 4.07. The summed E-state index contributed by atoms with van der Waals surface area (Å²) >= 11 is 0. The number of nitrogens with one attached hydrogen (secondary N) is 1. The van der Waals surface area contributed by atoms with Gasteiger partial charge in [-0.2, -0.15) is 13.2 Å². The lowest BCUT2D eigenvalue weighted by atomic mass is 10.2. The summed E-state index contributed by atoms with van der Waals surface area (Å²) in [5, 5.41) is 12.2. The molecule has 0 fully saturated rings. The fourth-order valence-electron chi connectivity index (χ4n) is 1.59. The van der Waals surface area contributed by atoms with Gasteiger partial charge in [0.05, 0.1) is 24.0 Å². The monoisotopic (exact) mass is 278 g/mol. The first-order valence-corrected chi connectivity index (χ1v) is 5.84. The van der Waals surface area contributed by atoms with Gasteiger partial charge in [-0.1, -0.05) is 0 Å². The first-order chi connectivity index (χ1) is 8.95. The molecular formula is C12H17F3N2O2. The van der Waals surface area contributed by atoms with Crippen LogP contribution in [0.1, 0.15) is 17.7 Å². The topological polar surface area (TPSA) is 54.4 Å². The van der Waals surface area contributed by atoms with E-state index < -0.39 is 17.8 Å². The smallest absolute Gasteiger partial charge is 0.391 e. The van der Waals surface area contributed by atoms with Crippen LogP contribution in [0, 0.1) is 0 Å². The fraction of sp³-hybridized carbons (Fsp3) is 0.583. The van der Waals surface area contributed by atoms with Crippen molar-refractivity contribution in [2.75, 3.05) is 20.3 Å². The maximum absolute atomic E-state index is 12.7. The largest absolute Gasteiger partial charge is 0.418 e. The van der Waals surface area contributed by atoms with Gasteiger partial charge in [-0.15, -0.1) is 0 Å². The molecule has 0 saturated heterocycles. The van der Waals surface area contributed by atoms with Crippen molar-refractivity contribution in [2.24, 2.45) is 0 Å². The zero-order valence-electron chi connectivity index (χ0n) is 10.6. The second-order valence-electron chi connectivity index (χ2n) is 4.07. The highest BCUT2D eigenvalue weighted by atomic mass is 19.4. The molecule has 0 spiro atoms. The van der Waals surface area contributed by atoms with Crippen LogP contribution in [0.2, 0.25) is 0 Å². The zero-order valence-corrected chi connectivity index (χ0v) is 10.6. The number of hydrogen-bond donors (Lipinski definition) is 2. The standard InChI is InChI=1S/C12H17F3N2O2/c1-19-8-9(18)4-6-16-7-11-10(12(13,14)15)3-2-5-17-11/h2-3,5,9,16,18H,4,6-8H2,1H3. The van der Waals surface area contributed by atoms with Gasteiger partial charge >= 0.3 is 6.18 Å². The molecule has 1 unspecified atom stereocenters. The Balaban J connectivity index is 2.46. The van der Waals surface area contributed by atoms with Gasteiger partial charge in [-0.3, -0.25) is 4.98 Å². The third-order valence-electron chi connectivity index (χ3n) is 2.50. The molecule has 2 N–H and O–H groups in total. The van der Waals surface area contributed by atoms with E-state index in [1.54, 1.807) is 0 Å². The number of rotatable bonds is 7. The van der Waals surface area contributed by atoms with Crippen molar-refractivity contribution < 1.29 is 23.0 Å². The van der Waals surface area contributed by atoms with Crippen LogP contribution in [-0.4, -0.2) is 36.5 Å². The van der Waals surface area contributed by atoms with Crippen molar-refractivity contribution >= 4 is 0 Å². The third kappa shape index (κ3) is 5.54. The van der Waals surface area contributed by atoms with Gasteiger partial charge < -0.3 is 15.2 Å². The lowest BCUT2D eigenvalue weighted by Gasteiger charge is -2.13. The molecule has 1 aromatic rings. The first kappa shape index (κ1) is 15.9. The highest BCUT2D eigenvalue weighted by molar-refractivity contribution is 5.22. The van der Waals surface area contributed by atoms with Crippen molar-refractivity contribution in [1.29, 1.82) is 0 Å². The van der Waals surface area contributed by atoms with E-state index in [-0.39, 0.29) is 18.8 Å². The van der Waals surface area contributed by atoms with E-state index in [9.17, 15) is 18.3 Å². The van der Waals surface area contributed by atoms with Crippen molar-refractivity contribution in [2.45, 2.75) is 25.2 Å². The molecule has 1 rings (SSSR count). The van der Waals surface area contributed by atoms with Crippen LogP contribution >= 0.6 is 0 Å². The number of aromatic nitrogens is 1. The van der Waals surface area contributed by atoms with Crippen LogP contribution in [0.15, 0.2) is 18.3 Å². The van der Waals surface area contributed by atoms with E-state index in [1.165, 1.54) is 19.4 Å². The summed E-state index contributed by atoms with van der Waals surface area (Å²) in [6.45, 7) is 0.604. The Hall–Kier alpha value is -1.18. The summed E-state index contributed by atoms with van der Waals surface area (Å²) in [5.74, 6) is 0. The van der Waals surface area contributed by atoms with E-state index in [0.29, 0.717) is 13.0 Å². The Morgan fingerprint density at radius 2 is 2.21 bits per heavy atom. The number of nitrogens with zero attached hydrogens (tertiary/aromatic N) is 1. The summed E-state index contributed by atoms with van der Waals surface area (Å²) in [6, 6.07) is 2.26. The van der Waals surface area contributed by atoms with Gasteiger partial charge in [0, 0.05) is 19.9 Å². The molecular weight excluding hydrogens is 261 g/mol. The second kappa shape index (κ2) is 7.42. The Bertz CT molecular complexity index is 385. The van der Waals surface area contributed by atoms with Crippen LogP contribution in [0.5, 0.6) is 0 Å². The molecule has 0 aliphatic heterocycles. The summed E-state index contributed by atoms with van der Waals surface area (Å²) < 4.78 is 42.7. The number of pyridine rings is 1. The SMILES string of the molecule is COCC(O)CCNCc1ncccc1C(F)(F)F. The van der Waals surface area contributed by atoms with Crippen LogP contribution in [0.4, 0.5) is 13.2 Å². The molecule has 19 heavy (non-hydrogen) atoms. The molecule has 1 heterocycles. The van der Waals surface area contributed by atoms with Crippen molar-refractivity contribution in [1.82, 2.24) is 10.3 Å². The Morgan fingerprint density at radius 1 is 1.47 bits per heavy atom. The number of aliphatic hydroxyl groups excluding tert-OH is 1. The van der Waals surface area contributed by atoms with Gasteiger partial charge in [-0.05, 0) is 25.1 Å². The zero-order chi connectivity index (χ0) is 14.3. The van der Waals surface area contributed by atoms with Gasteiger partial charge in [0.2, 0.25) is 0 Å². The number of aliphatic hydroxyl groups is 1. The van der Waals surface area contributed by atoms with Crippen LogP contribution in [-0.2, 0) is 17.5 Å². The van der Waals surface area contributed by atoms with Crippen LogP contribution < -0.4 is 5.32 Å². The molecule has 0 aliphatic rings. The minimum atomic E-state index is -4.40. The summed E-state index contributed by atoms with van der Waals surface area (Å²) in [6.07, 6.45) is -3.29. The Labute approximate surface area is 109 Å². The van der Waals surface area contributed by atoms with Crippen molar-refractivity contribution in [3.63, 3.8) is 0 Å². The number of hydrogen-bond acceptors (Lipinski definition) is 4. The molecule has 0 amide bonds. The normalized spacial score (nSPS) is 13.5. The van der Waals surface area contributed by atoms with Crippen molar-refractivity contribution in [3.8, 4) is 0 Å². The predicted octanol–water partition coefficient (Wildman–Crippen LogP) is 1.59. The average molecular weight is 278 g/mol. The summed E-state index contributed by atoms with van der Waals surface area (Å²) in [4.78, 5) is 3.73. The lowest BCUT2D eigenvalue weighted by molar-refractivity contribution is -0.138. The summed E-state index contributed by atoms with van der Waals surface area (Å²) in [7, 11) is 1.47. The molecule has 0 radical (unpaired) electrons. The highest BCUT2D eigenvalue weighted by Gasteiger charge is 2.33. The first-order valence-electron chi connectivity index (χ1n) is 5.84. The minimum absolute atomic E-state index is 0.00931. The Morgan fingerprint density at radius 3 is 2.84 bits per heavy atom. The van der Waals surface area contributed by atoms with E-state index in [0.717, 1.165) is 6.07 Å². The lowest BCUT2D eigenvalue weighted by Crippen LogP contribution is -2.24. The number of ether oxygens (including phenoxy) is 1. The molecule has 0 bridgehead atoms. The molecule has 1 atom stereocenters. The molecule has 1 aromatic heterocycles. The van der Waals surface area contributed by atoms with Gasteiger partial charge in [0.1, 0.15) is 0 Å². The average Bonchev–Trinajstić information content (AvgIpc) is 2.34. The maximum Gasteiger partial charge on any atom is 0.418 e. The van der Waals surface area contributed by atoms with E-state index in [1.807, 2.05) is 0 Å². The number of methoxy groups -OCH3 is 1. The number of halogens is 3. The van der Waals surface area contributed by atoms with E-state index >= 15 is 0 Å². The minimum Gasteiger partial charge on any atom is -0.391 e. The molecule has 4 nitrogen and oxygen atoms in total. The molecule has 0 aliphatic carbocycles. The van der Waals surface area contributed by atoms with Crippen LogP contribution in [0.3, 0.4) is 0 Å². The molecule has 108 valence electrons. The van der Waals surface area contributed by atoms with E-state index in [4.69, 9.17) is 4.74 Å². The van der Waals surface area contributed by atoms with Gasteiger partial charge in [0.15, 0.2) is 0 Å². The Kier molecular flexibility index (Phi) is 6.20.